The van der Waals surface area contributed by atoms with Gasteiger partial charge in [-0.15, -0.1) is 0 Å². The zero-order valence-electron chi connectivity index (χ0n) is 9.54. The lowest BCUT2D eigenvalue weighted by Crippen LogP contribution is -2.33. The monoisotopic (exact) mass is 256 g/mol. The molecule has 5 heteroatoms. The number of hydrogen-bond acceptors (Lipinski definition) is 2. The lowest BCUT2D eigenvalue weighted by molar-refractivity contribution is 0.0785. The molecule has 0 spiro atoms. The first-order valence-electron chi connectivity index (χ1n) is 5.53. The Hall–Kier alpha value is -1.13. The molecule has 0 aliphatic carbocycles. The van der Waals surface area contributed by atoms with Crippen LogP contribution in [0.25, 0.3) is 0 Å². The molecule has 0 saturated carbocycles. The lowest BCUT2D eigenvalue weighted by Gasteiger charge is -2.16. The van der Waals surface area contributed by atoms with Gasteiger partial charge in [-0.25, -0.2) is 4.39 Å². The number of carbonyl (C=O) groups excluding carboxylic acids is 1. The Labute approximate surface area is 105 Å². The van der Waals surface area contributed by atoms with Gasteiger partial charge in [-0.3, -0.25) is 4.79 Å². The Morgan fingerprint density at radius 3 is 2.94 bits per heavy atom. The minimum absolute atomic E-state index is 0.0890. The Bertz CT molecular complexity index is 439. The van der Waals surface area contributed by atoms with E-state index in [2.05, 4.69) is 5.32 Å². The van der Waals surface area contributed by atoms with Crippen LogP contribution in [0.15, 0.2) is 18.2 Å². The van der Waals surface area contributed by atoms with E-state index in [1.165, 1.54) is 18.2 Å². The molecule has 1 atom stereocenters. The zero-order chi connectivity index (χ0) is 12.4. The topological polar surface area (TPSA) is 32.3 Å². The third-order valence-electron chi connectivity index (χ3n) is 3.05. The molecule has 1 aliphatic heterocycles. The summed E-state index contributed by atoms with van der Waals surface area (Å²) >= 11 is 5.65. The number of rotatable bonds is 2. The van der Waals surface area contributed by atoms with Crippen LogP contribution in [-0.4, -0.2) is 37.0 Å². The van der Waals surface area contributed by atoms with E-state index < -0.39 is 5.82 Å². The van der Waals surface area contributed by atoms with E-state index in [1.807, 2.05) is 7.05 Å². The van der Waals surface area contributed by atoms with E-state index in [1.54, 1.807) is 4.90 Å². The van der Waals surface area contributed by atoms with E-state index in [-0.39, 0.29) is 11.5 Å². The molecule has 0 radical (unpaired) electrons. The highest BCUT2D eigenvalue weighted by atomic mass is 35.5. The predicted octanol–water partition coefficient (Wildman–Crippen LogP) is 1.91. The average molecular weight is 257 g/mol. The van der Waals surface area contributed by atoms with Crippen molar-refractivity contribution in [3.63, 3.8) is 0 Å². The number of hydrogen-bond donors (Lipinski definition) is 1. The van der Waals surface area contributed by atoms with Gasteiger partial charge < -0.3 is 10.2 Å². The van der Waals surface area contributed by atoms with Crippen LogP contribution in [0.2, 0.25) is 5.02 Å². The number of carbonyl (C=O) groups is 1. The minimum Gasteiger partial charge on any atom is -0.337 e. The Morgan fingerprint density at radius 1 is 1.59 bits per heavy atom. The molecule has 1 unspecified atom stereocenters. The third-order valence-corrected chi connectivity index (χ3v) is 3.28. The fourth-order valence-electron chi connectivity index (χ4n) is 2.01. The van der Waals surface area contributed by atoms with Crippen molar-refractivity contribution in [3.05, 3.63) is 34.6 Å². The second kappa shape index (κ2) is 5.02. The largest absolute Gasteiger partial charge is 0.337 e. The van der Waals surface area contributed by atoms with Crippen LogP contribution < -0.4 is 5.32 Å². The number of likely N-dealkylation sites (N-methyl/N-ethyl adjacent to an activating group) is 1. The highest BCUT2D eigenvalue weighted by Crippen LogP contribution is 2.18. The molecule has 1 amide bonds. The smallest absolute Gasteiger partial charge is 0.256 e. The quantitative estimate of drug-likeness (QED) is 0.877. The van der Waals surface area contributed by atoms with Gasteiger partial charge in [-0.1, -0.05) is 11.6 Å². The molecule has 1 N–H and O–H groups in total. The first-order valence-corrected chi connectivity index (χ1v) is 5.91. The van der Waals surface area contributed by atoms with Gasteiger partial charge in [-0.05, 0) is 31.7 Å². The van der Waals surface area contributed by atoms with E-state index in [4.69, 9.17) is 11.6 Å². The molecule has 2 rings (SSSR count). The normalized spacial score (nSPS) is 19.7. The van der Waals surface area contributed by atoms with Crippen LogP contribution >= 0.6 is 11.6 Å². The van der Waals surface area contributed by atoms with Crippen LogP contribution in [0, 0.1) is 5.82 Å². The molecule has 1 saturated heterocycles. The van der Waals surface area contributed by atoms with Crippen LogP contribution in [0.3, 0.4) is 0 Å². The summed E-state index contributed by atoms with van der Waals surface area (Å²) in [6.45, 7) is 1.28. The second-order valence-corrected chi connectivity index (χ2v) is 4.59. The molecule has 17 heavy (non-hydrogen) atoms. The molecule has 1 aliphatic rings. The lowest BCUT2D eigenvalue weighted by atomic mass is 10.2. The van der Waals surface area contributed by atoms with Crippen molar-refractivity contribution in [2.75, 3.05) is 20.1 Å². The summed E-state index contributed by atoms with van der Waals surface area (Å²) in [6.07, 6.45) is 0.900. The van der Waals surface area contributed by atoms with Gasteiger partial charge in [-0.2, -0.15) is 0 Å². The number of halogens is 2. The van der Waals surface area contributed by atoms with Gasteiger partial charge in [0.25, 0.3) is 5.91 Å². The summed E-state index contributed by atoms with van der Waals surface area (Å²) in [5.74, 6) is -0.827. The molecule has 1 heterocycles. The third kappa shape index (κ3) is 2.58. The molecular formula is C12H14ClFN2O. The number of likely N-dealkylation sites (tertiary alicyclic amines) is 1. The predicted molar refractivity (Wildman–Crippen MR) is 64.8 cm³/mol. The molecule has 92 valence electrons. The van der Waals surface area contributed by atoms with Crippen molar-refractivity contribution in [3.8, 4) is 0 Å². The molecule has 3 nitrogen and oxygen atoms in total. The Balaban J connectivity index is 2.15. The molecule has 0 bridgehead atoms. The Kier molecular flexibility index (Phi) is 3.64. The molecule has 0 aromatic heterocycles. The van der Waals surface area contributed by atoms with Gasteiger partial charge in [0.05, 0.1) is 5.56 Å². The van der Waals surface area contributed by atoms with Crippen LogP contribution in [0.5, 0.6) is 0 Å². The number of amides is 1. The summed E-state index contributed by atoms with van der Waals surface area (Å²) in [5.41, 5.74) is 0.0890. The SMILES string of the molecule is CNC1CCN(C(=O)c2ccc(Cl)cc2F)C1. The standard InChI is InChI=1S/C12H14ClFN2O/c1-15-9-4-5-16(7-9)12(17)10-3-2-8(13)6-11(10)14/h2-3,6,9,15H,4-5,7H2,1H3. The zero-order valence-corrected chi connectivity index (χ0v) is 10.3. The number of nitrogens with one attached hydrogen (secondary N) is 1. The van der Waals surface area contributed by atoms with E-state index in [0.717, 1.165) is 6.42 Å². The maximum absolute atomic E-state index is 13.6. The summed E-state index contributed by atoms with van der Waals surface area (Å²) < 4.78 is 13.6. The summed E-state index contributed by atoms with van der Waals surface area (Å²) in [5, 5.41) is 3.41. The van der Waals surface area contributed by atoms with Crippen LogP contribution in [-0.2, 0) is 0 Å². The van der Waals surface area contributed by atoms with Crippen molar-refractivity contribution >= 4 is 17.5 Å². The number of nitrogens with zero attached hydrogens (tertiary/aromatic N) is 1. The van der Waals surface area contributed by atoms with Gasteiger partial charge in [0.2, 0.25) is 0 Å². The van der Waals surface area contributed by atoms with Crippen LogP contribution in [0.4, 0.5) is 4.39 Å². The highest BCUT2D eigenvalue weighted by Gasteiger charge is 2.27. The van der Waals surface area contributed by atoms with Crippen LogP contribution in [0.1, 0.15) is 16.8 Å². The minimum atomic E-state index is -0.560. The molecule has 1 fully saturated rings. The average Bonchev–Trinajstić information content (AvgIpc) is 2.76. The van der Waals surface area contributed by atoms with E-state index in [0.29, 0.717) is 24.2 Å². The maximum atomic E-state index is 13.6. The summed E-state index contributed by atoms with van der Waals surface area (Å²) in [4.78, 5) is 13.7. The van der Waals surface area contributed by atoms with Crippen molar-refractivity contribution in [2.45, 2.75) is 12.5 Å². The van der Waals surface area contributed by atoms with Gasteiger partial charge in [0.15, 0.2) is 0 Å². The van der Waals surface area contributed by atoms with Crippen molar-refractivity contribution in [2.24, 2.45) is 0 Å². The second-order valence-electron chi connectivity index (χ2n) is 4.15. The fraction of sp³-hybridized carbons (Fsp3) is 0.417. The summed E-state index contributed by atoms with van der Waals surface area (Å²) in [7, 11) is 1.86. The fourth-order valence-corrected chi connectivity index (χ4v) is 2.17. The van der Waals surface area contributed by atoms with Crippen molar-refractivity contribution in [1.29, 1.82) is 0 Å². The first kappa shape index (κ1) is 12.3. The van der Waals surface area contributed by atoms with Gasteiger partial charge >= 0.3 is 0 Å². The van der Waals surface area contributed by atoms with E-state index in [9.17, 15) is 9.18 Å². The van der Waals surface area contributed by atoms with Gasteiger partial charge in [0, 0.05) is 24.2 Å². The molecule has 1 aromatic rings. The molecular weight excluding hydrogens is 243 g/mol. The van der Waals surface area contributed by atoms with Crippen molar-refractivity contribution in [1.82, 2.24) is 10.2 Å². The maximum Gasteiger partial charge on any atom is 0.256 e. The first-order chi connectivity index (χ1) is 8.11. The van der Waals surface area contributed by atoms with E-state index >= 15 is 0 Å². The van der Waals surface area contributed by atoms with Crippen molar-refractivity contribution < 1.29 is 9.18 Å². The Morgan fingerprint density at radius 2 is 2.35 bits per heavy atom. The summed E-state index contributed by atoms with van der Waals surface area (Å²) in [6, 6.07) is 4.44. The molecule has 1 aromatic carbocycles. The number of benzene rings is 1. The van der Waals surface area contributed by atoms with Gasteiger partial charge in [0.1, 0.15) is 5.82 Å². The highest BCUT2D eigenvalue weighted by molar-refractivity contribution is 6.30.